The molecule has 1 heterocycles. The summed E-state index contributed by atoms with van der Waals surface area (Å²) in [6.45, 7) is 7.35. The molecule has 2 aliphatic rings. The van der Waals surface area contributed by atoms with Crippen molar-refractivity contribution in [3.8, 4) is 0 Å². The summed E-state index contributed by atoms with van der Waals surface area (Å²) in [7, 11) is 0. The number of benzene rings is 1. The fourth-order valence-electron chi connectivity index (χ4n) is 4.31. The Labute approximate surface area is 240 Å². The van der Waals surface area contributed by atoms with Crippen LogP contribution in [0.1, 0.15) is 70.3 Å². The van der Waals surface area contributed by atoms with Gasteiger partial charge >= 0.3 is 29.6 Å². The first-order chi connectivity index (χ1) is 16.2. The number of carbonyl (C=O) groups excluding carboxylic acids is 4. The smallest absolute Gasteiger partial charge is 0.540 e. The van der Waals surface area contributed by atoms with E-state index in [9.17, 15) is 19.2 Å². The zero-order valence-corrected chi connectivity index (χ0v) is 24.9. The molecule has 0 bridgehead atoms. The van der Waals surface area contributed by atoms with Crippen LogP contribution in [0.25, 0.3) is 0 Å². The van der Waals surface area contributed by atoms with Crippen molar-refractivity contribution in [2.24, 2.45) is 11.7 Å². The quantitative estimate of drug-likeness (QED) is 0.384. The van der Waals surface area contributed by atoms with Gasteiger partial charge in [0.05, 0.1) is 0 Å². The number of hydrogen-bond acceptors (Lipinski definition) is 4. The number of likely N-dealkylation sites (tertiary alicyclic amines) is 1. The third-order valence-corrected chi connectivity index (χ3v) is 6.53. The first-order valence-corrected chi connectivity index (χ1v) is 12.8. The zero-order chi connectivity index (χ0) is 25.5. The first kappa shape index (κ1) is 33.8. The van der Waals surface area contributed by atoms with E-state index in [1.807, 2.05) is 19.1 Å². The van der Waals surface area contributed by atoms with Gasteiger partial charge in [-0.3, -0.25) is 14.4 Å². The molecule has 0 radical (unpaired) electrons. The number of halogens is 1. The van der Waals surface area contributed by atoms with Crippen LogP contribution in [0.4, 0.5) is 0 Å². The van der Waals surface area contributed by atoms with Crippen LogP contribution in [0.5, 0.6) is 0 Å². The average Bonchev–Trinajstić information content (AvgIpc) is 3.23. The van der Waals surface area contributed by atoms with E-state index in [2.05, 4.69) is 47.2 Å². The Kier molecular flexibility index (Phi) is 18.3. The molecule has 0 aromatic heterocycles. The Balaban J connectivity index is 0.000000599. The van der Waals surface area contributed by atoms with Crippen molar-refractivity contribution in [2.75, 3.05) is 6.54 Å². The summed E-state index contributed by atoms with van der Waals surface area (Å²) >= 11 is 3.35. The van der Waals surface area contributed by atoms with Crippen molar-refractivity contribution in [3.63, 3.8) is 0 Å². The monoisotopic (exact) mass is 558 g/mol. The number of nitrogens with zero attached hydrogens (tertiary/aromatic N) is 1. The molecule has 1 saturated carbocycles. The summed E-state index contributed by atoms with van der Waals surface area (Å²) in [6, 6.07) is 8.05. The van der Waals surface area contributed by atoms with E-state index in [0.717, 1.165) is 43.0 Å². The van der Waals surface area contributed by atoms with E-state index in [4.69, 9.17) is 5.73 Å². The summed E-state index contributed by atoms with van der Waals surface area (Å²) in [4.78, 5) is 46.2. The second-order valence-corrected chi connectivity index (χ2v) is 9.51. The Morgan fingerprint density at radius 3 is 2.31 bits per heavy atom. The van der Waals surface area contributed by atoms with Gasteiger partial charge in [-0.1, -0.05) is 66.4 Å². The molecule has 1 aliphatic carbocycles. The molecule has 9 heteroatoms. The van der Waals surface area contributed by atoms with Gasteiger partial charge in [-0.25, -0.2) is 6.29 Å². The second-order valence-electron chi connectivity index (χ2n) is 8.60. The molecule has 1 saturated heterocycles. The number of amides is 3. The van der Waals surface area contributed by atoms with Crippen molar-refractivity contribution in [1.29, 1.82) is 0 Å². The maximum atomic E-state index is 12.1. The van der Waals surface area contributed by atoms with Crippen LogP contribution < -0.4 is 40.6 Å². The number of rotatable bonds is 7. The number of nitrogens with one attached hydrogen (secondary N) is 1. The molecular weight excluding hydrogens is 521 g/mol. The van der Waals surface area contributed by atoms with Crippen LogP contribution in [-0.2, 0) is 19.2 Å². The van der Waals surface area contributed by atoms with Crippen LogP contribution in [0.2, 0.25) is 0 Å². The van der Waals surface area contributed by atoms with Crippen molar-refractivity contribution >= 4 is 39.9 Å². The predicted molar refractivity (Wildman–Crippen MR) is 137 cm³/mol. The largest absolute Gasteiger partial charge is 1.00 e. The third-order valence-electron chi connectivity index (χ3n) is 6.00. The molecule has 190 valence electrons. The molecule has 1 aliphatic heterocycles. The molecule has 3 unspecified atom stereocenters. The van der Waals surface area contributed by atoms with Gasteiger partial charge in [-0.05, 0) is 44.2 Å². The third kappa shape index (κ3) is 12.5. The molecule has 2 fully saturated rings. The SMILES string of the molecule is CCC(=O)N1C(C(=O)NC[C-]=O)CC2CCCCC21.Cc1ccc(Br)cc1.[CH2-]CCCC(N)=O.[Na+]. The second kappa shape index (κ2) is 19.0. The minimum atomic E-state index is -0.395. The number of aryl methyl sites for hydroxylation is 1. The predicted octanol–water partition coefficient (Wildman–Crippen LogP) is 1.02. The Hall–Kier alpha value is -1.22. The van der Waals surface area contributed by atoms with Gasteiger partial charge in [0.25, 0.3) is 0 Å². The van der Waals surface area contributed by atoms with Gasteiger partial charge in [0.1, 0.15) is 6.04 Å². The average molecular weight is 560 g/mol. The van der Waals surface area contributed by atoms with Crippen molar-refractivity contribution in [2.45, 2.75) is 83.7 Å². The number of fused-ring (bicyclic) bond motifs is 1. The molecule has 3 atom stereocenters. The summed E-state index contributed by atoms with van der Waals surface area (Å²) in [5, 5.41) is 2.54. The van der Waals surface area contributed by atoms with Crippen LogP contribution in [-0.4, -0.2) is 47.5 Å². The van der Waals surface area contributed by atoms with E-state index >= 15 is 0 Å². The van der Waals surface area contributed by atoms with Gasteiger partial charge in [-0.15, -0.1) is 0 Å². The number of hydrogen-bond donors (Lipinski definition) is 2. The first-order valence-electron chi connectivity index (χ1n) is 12.0. The summed E-state index contributed by atoms with van der Waals surface area (Å²) in [5.41, 5.74) is 6.11. The number of nitrogens with two attached hydrogens (primary N) is 1. The molecular formula is C26H38BrN3NaO4-. The van der Waals surface area contributed by atoms with E-state index in [1.165, 1.54) is 12.0 Å². The van der Waals surface area contributed by atoms with Crippen molar-refractivity contribution in [3.05, 3.63) is 41.2 Å². The van der Waals surface area contributed by atoms with Crippen LogP contribution in [0.3, 0.4) is 0 Å². The molecule has 3 rings (SSSR count). The minimum absolute atomic E-state index is 0. The standard InChI is InChI=1S/C14H21N2O3.C7H7Br.C5H10NO.Na/c1-2-13(18)16-11-6-4-3-5-10(11)9-12(16)14(19)15-7-8-17;1-6-2-4-7(8)5-3-6;1-2-3-4-5(6)7;/h10-12H,2-7,9H2,1H3,(H,15,19);2-5H,1H3;1-4H2,(H2,6,7);/q-1;;-1;+1. The van der Waals surface area contributed by atoms with Gasteiger partial charge in [0.2, 0.25) is 17.7 Å². The van der Waals surface area contributed by atoms with Crippen LogP contribution >= 0.6 is 15.9 Å². The van der Waals surface area contributed by atoms with Crippen LogP contribution in [0.15, 0.2) is 28.7 Å². The number of carbonyl (C=O) groups is 3. The van der Waals surface area contributed by atoms with Gasteiger partial charge in [0.15, 0.2) is 0 Å². The van der Waals surface area contributed by atoms with E-state index in [-0.39, 0.29) is 59.9 Å². The Morgan fingerprint density at radius 1 is 1.20 bits per heavy atom. The normalized spacial score (nSPS) is 20.0. The van der Waals surface area contributed by atoms with E-state index < -0.39 is 6.04 Å². The van der Waals surface area contributed by atoms with Crippen molar-refractivity contribution < 1.29 is 48.7 Å². The number of unbranched alkanes of at least 4 members (excludes halogenated alkanes) is 1. The summed E-state index contributed by atoms with van der Waals surface area (Å²) in [6.07, 6.45) is 9.32. The Morgan fingerprint density at radius 2 is 1.83 bits per heavy atom. The maximum absolute atomic E-state index is 12.1. The van der Waals surface area contributed by atoms with Gasteiger partial charge in [-0.2, -0.15) is 6.42 Å². The molecule has 3 N–H and O–H groups in total. The minimum Gasteiger partial charge on any atom is -0.540 e. The van der Waals surface area contributed by atoms with E-state index in [0.29, 0.717) is 18.8 Å². The Bertz CT molecular complexity index is 770. The van der Waals surface area contributed by atoms with Crippen LogP contribution in [0, 0.1) is 19.8 Å². The molecule has 7 nitrogen and oxygen atoms in total. The fraction of sp³-hybridized carbons (Fsp3) is 0.577. The van der Waals surface area contributed by atoms with Crippen molar-refractivity contribution in [1.82, 2.24) is 10.2 Å². The molecule has 35 heavy (non-hydrogen) atoms. The van der Waals surface area contributed by atoms with Gasteiger partial charge < -0.3 is 27.7 Å². The molecule has 0 spiro atoms. The summed E-state index contributed by atoms with van der Waals surface area (Å²) < 4.78 is 1.14. The molecule has 1 aromatic rings. The fourth-order valence-corrected chi connectivity index (χ4v) is 4.57. The summed E-state index contributed by atoms with van der Waals surface area (Å²) in [5.74, 6) is 0.0491. The topological polar surface area (TPSA) is 110 Å². The van der Waals surface area contributed by atoms with E-state index in [1.54, 1.807) is 11.2 Å². The molecule has 3 amide bonds. The van der Waals surface area contributed by atoms with Gasteiger partial charge in [0, 0.05) is 23.4 Å². The number of primary amides is 1. The zero-order valence-electron chi connectivity index (χ0n) is 21.4. The maximum Gasteiger partial charge on any atom is 1.00 e. The molecule has 1 aromatic carbocycles.